The van der Waals surface area contributed by atoms with E-state index in [1.807, 2.05) is 20.8 Å². The summed E-state index contributed by atoms with van der Waals surface area (Å²) in [5.41, 5.74) is -0.0907. The predicted octanol–water partition coefficient (Wildman–Crippen LogP) is 4.31. The van der Waals surface area contributed by atoms with Crippen molar-refractivity contribution >= 4 is 28.6 Å². The molecule has 0 spiro atoms. The average Bonchev–Trinajstić information content (AvgIpc) is 2.69. The highest BCUT2D eigenvalue weighted by atomic mass is 32.2. The van der Waals surface area contributed by atoms with Crippen LogP contribution >= 0.6 is 11.8 Å². The molecule has 0 bridgehead atoms. The lowest BCUT2D eigenvalue weighted by Gasteiger charge is -2.26. The molecule has 7 heteroatoms. The van der Waals surface area contributed by atoms with Crippen molar-refractivity contribution in [3.8, 4) is 5.69 Å². The van der Waals surface area contributed by atoms with Crippen LogP contribution in [-0.4, -0.2) is 26.2 Å². The minimum absolute atomic E-state index is 0.111. The fourth-order valence-corrected chi connectivity index (χ4v) is 3.69. The Morgan fingerprint density at radius 3 is 2.55 bits per heavy atom. The van der Waals surface area contributed by atoms with E-state index in [1.54, 1.807) is 43.3 Å². The van der Waals surface area contributed by atoms with Gasteiger partial charge in [-0.2, -0.15) is 0 Å². The van der Waals surface area contributed by atoms with Gasteiger partial charge < -0.3 is 5.32 Å². The Morgan fingerprint density at radius 1 is 1.21 bits per heavy atom. The molecule has 1 atom stereocenters. The van der Waals surface area contributed by atoms with E-state index in [0.29, 0.717) is 10.9 Å². The zero-order valence-corrected chi connectivity index (χ0v) is 17.7. The SMILES string of the molecule is CCC(C)(C)NC(=O)C(C)Sc1nc2ccccc2c(=O)n1-c1ccccc1F. The summed E-state index contributed by atoms with van der Waals surface area (Å²) in [5.74, 6) is -0.693. The van der Waals surface area contributed by atoms with Gasteiger partial charge in [0.05, 0.1) is 21.8 Å². The Kier molecular flexibility index (Phi) is 6.07. The summed E-state index contributed by atoms with van der Waals surface area (Å²) in [7, 11) is 0. The highest BCUT2D eigenvalue weighted by molar-refractivity contribution is 8.00. The molecule has 0 saturated heterocycles. The smallest absolute Gasteiger partial charge is 0.266 e. The second-order valence-corrected chi connectivity index (χ2v) is 8.80. The van der Waals surface area contributed by atoms with Crippen LogP contribution in [0.2, 0.25) is 0 Å². The summed E-state index contributed by atoms with van der Waals surface area (Å²) >= 11 is 1.14. The summed E-state index contributed by atoms with van der Waals surface area (Å²) in [4.78, 5) is 30.4. The summed E-state index contributed by atoms with van der Waals surface area (Å²) in [6.07, 6.45) is 0.782. The number of nitrogens with one attached hydrogen (secondary N) is 1. The number of amides is 1. The number of thioether (sulfide) groups is 1. The van der Waals surface area contributed by atoms with Crippen LogP contribution in [0, 0.1) is 5.82 Å². The van der Waals surface area contributed by atoms with Gasteiger partial charge in [0.2, 0.25) is 5.91 Å². The third-order valence-electron chi connectivity index (χ3n) is 4.84. The van der Waals surface area contributed by atoms with E-state index in [9.17, 15) is 14.0 Å². The van der Waals surface area contributed by atoms with Crippen molar-refractivity contribution in [3.63, 3.8) is 0 Å². The number of fused-ring (bicyclic) bond motifs is 1. The molecule has 1 amide bonds. The van der Waals surface area contributed by atoms with Crippen molar-refractivity contribution in [2.45, 2.75) is 50.1 Å². The highest BCUT2D eigenvalue weighted by Gasteiger charge is 2.25. The lowest BCUT2D eigenvalue weighted by atomic mass is 10.0. The molecule has 3 rings (SSSR count). The number of nitrogens with zero attached hydrogens (tertiary/aromatic N) is 2. The van der Waals surface area contributed by atoms with Gasteiger partial charge in [0, 0.05) is 5.54 Å². The zero-order chi connectivity index (χ0) is 21.2. The molecule has 152 valence electrons. The van der Waals surface area contributed by atoms with Gasteiger partial charge in [-0.3, -0.25) is 14.2 Å². The zero-order valence-electron chi connectivity index (χ0n) is 16.9. The third-order valence-corrected chi connectivity index (χ3v) is 5.89. The molecule has 29 heavy (non-hydrogen) atoms. The first kappa shape index (κ1) is 21.0. The fourth-order valence-electron chi connectivity index (χ4n) is 2.77. The van der Waals surface area contributed by atoms with E-state index in [1.165, 1.54) is 16.7 Å². The third kappa shape index (κ3) is 4.50. The lowest BCUT2D eigenvalue weighted by molar-refractivity contribution is -0.121. The average molecular weight is 414 g/mol. The van der Waals surface area contributed by atoms with Gasteiger partial charge >= 0.3 is 0 Å². The molecule has 2 aromatic carbocycles. The fraction of sp³-hybridized carbons (Fsp3) is 0.318. The van der Waals surface area contributed by atoms with E-state index in [-0.39, 0.29) is 27.8 Å². The number of hydrogen-bond donors (Lipinski definition) is 1. The maximum Gasteiger partial charge on any atom is 0.266 e. The molecule has 5 nitrogen and oxygen atoms in total. The Labute approximate surface area is 173 Å². The van der Waals surface area contributed by atoms with Gasteiger partial charge in [0.15, 0.2) is 5.16 Å². The molecule has 1 aromatic heterocycles. The molecular weight excluding hydrogens is 389 g/mol. The summed E-state index contributed by atoms with van der Waals surface area (Å²) in [6.45, 7) is 7.65. The summed E-state index contributed by atoms with van der Waals surface area (Å²) in [6, 6.07) is 13.0. The Bertz CT molecular complexity index is 1110. The number of carbonyl (C=O) groups excluding carboxylic acids is 1. The van der Waals surface area contributed by atoms with Gasteiger partial charge in [-0.15, -0.1) is 0 Å². The number of rotatable bonds is 6. The topological polar surface area (TPSA) is 64.0 Å². The number of para-hydroxylation sites is 2. The monoisotopic (exact) mass is 413 g/mol. The molecule has 1 unspecified atom stereocenters. The molecule has 0 radical (unpaired) electrons. The van der Waals surface area contributed by atoms with Crippen LogP contribution in [0.4, 0.5) is 4.39 Å². The van der Waals surface area contributed by atoms with Crippen LogP contribution in [0.15, 0.2) is 58.5 Å². The van der Waals surface area contributed by atoms with Crippen LogP contribution in [0.25, 0.3) is 16.6 Å². The van der Waals surface area contributed by atoms with Crippen LogP contribution in [0.5, 0.6) is 0 Å². The minimum atomic E-state index is -0.530. The van der Waals surface area contributed by atoms with Crippen molar-refractivity contribution in [2.24, 2.45) is 0 Å². The molecule has 1 heterocycles. The van der Waals surface area contributed by atoms with Crippen LogP contribution in [0.3, 0.4) is 0 Å². The van der Waals surface area contributed by atoms with Crippen molar-refractivity contribution in [3.05, 3.63) is 64.7 Å². The van der Waals surface area contributed by atoms with Gasteiger partial charge in [0.25, 0.3) is 5.56 Å². The second kappa shape index (κ2) is 8.37. The number of benzene rings is 2. The number of halogens is 1. The largest absolute Gasteiger partial charge is 0.350 e. The first-order valence-corrected chi connectivity index (χ1v) is 10.4. The van der Waals surface area contributed by atoms with Crippen molar-refractivity contribution < 1.29 is 9.18 Å². The van der Waals surface area contributed by atoms with E-state index in [0.717, 1.165) is 18.2 Å². The first-order chi connectivity index (χ1) is 13.7. The van der Waals surface area contributed by atoms with E-state index >= 15 is 0 Å². The standard InChI is InChI=1S/C22H24FN3O2S/c1-5-22(3,4)25-19(27)14(2)29-21-24-17-12-8-6-10-15(17)20(28)26(21)18-13-9-7-11-16(18)23/h6-14H,5H2,1-4H3,(H,25,27). The molecule has 0 aliphatic heterocycles. The molecule has 0 saturated carbocycles. The maximum absolute atomic E-state index is 14.5. The van der Waals surface area contributed by atoms with Crippen molar-refractivity contribution in [1.29, 1.82) is 0 Å². The molecule has 1 N–H and O–H groups in total. The van der Waals surface area contributed by atoms with Crippen LogP contribution in [0.1, 0.15) is 34.1 Å². The van der Waals surface area contributed by atoms with Crippen molar-refractivity contribution in [1.82, 2.24) is 14.9 Å². The van der Waals surface area contributed by atoms with Crippen LogP contribution < -0.4 is 10.9 Å². The lowest BCUT2D eigenvalue weighted by Crippen LogP contribution is -2.46. The molecular formula is C22H24FN3O2S. The maximum atomic E-state index is 14.5. The second-order valence-electron chi connectivity index (χ2n) is 7.49. The van der Waals surface area contributed by atoms with Gasteiger partial charge in [0.1, 0.15) is 5.82 Å². The predicted molar refractivity (Wildman–Crippen MR) is 115 cm³/mol. The quantitative estimate of drug-likeness (QED) is 0.483. The molecule has 0 aliphatic rings. The molecule has 0 aliphatic carbocycles. The van der Waals surface area contributed by atoms with Crippen molar-refractivity contribution in [2.75, 3.05) is 0 Å². The number of hydrogen-bond acceptors (Lipinski definition) is 4. The van der Waals surface area contributed by atoms with E-state index in [4.69, 9.17) is 0 Å². The Morgan fingerprint density at radius 2 is 1.86 bits per heavy atom. The number of carbonyl (C=O) groups is 1. The molecule has 3 aromatic rings. The summed E-state index contributed by atoms with van der Waals surface area (Å²) < 4.78 is 15.8. The normalized spacial score (nSPS) is 12.7. The molecule has 0 fully saturated rings. The number of aromatic nitrogens is 2. The first-order valence-electron chi connectivity index (χ1n) is 9.49. The van der Waals surface area contributed by atoms with Crippen LogP contribution in [-0.2, 0) is 4.79 Å². The van der Waals surface area contributed by atoms with Gasteiger partial charge in [-0.25, -0.2) is 9.37 Å². The van der Waals surface area contributed by atoms with E-state index in [2.05, 4.69) is 10.3 Å². The highest BCUT2D eigenvalue weighted by Crippen LogP contribution is 2.26. The van der Waals surface area contributed by atoms with Gasteiger partial charge in [-0.1, -0.05) is 43.0 Å². The Hall–Kier alpha value is -2.67. The minimum Gasteiger partial charge on any atom is -0.350 e. The Balaban J connectivity index is 2.09. The summed E-state index contributed by atoms with van der Waals surface area (Å²) in [5, 5.41) is 3.14. The van der Waals surface area contributed by atoms with E-state index < -0.39 is 11.1 Å². The van der Waals surface area contributed by atoms with Gasteiger partial charge in [-0.05, 0) is 51.5 Å².